The number of benzene rings is 4. The third-order valence-corrected chi connectivity index (χ3v) is 10.3. The number of nitrogens with zero attached hydrogens (tertiary/aromatic N) is 3. The van der Waals surface area contributed by atoms with Gasteiger partial charge in [0.15, 0.2) is 16.3 Å². The number of methoxy groups -OCH3 is 1. The fourth-order valence-corrected chi connectivity index (χ4v) is 8.00. The van der Waals surface area contributed by atoms with Gasteiger partial charge in [-0.2, -0.15) is 0 Å². The average molecular weight is 762 g/mol. The highest BCUT2D eigenvalue weighted by atomic mass is 127. The van der Waals surface area contributed by atoms with Crippen LogP contribution in [-0.2, 0) is 13.0 Å². The van der Waals surface area contributed by atoms with Crippen LogP contribution in [0, 0.1) is 13.7 Å². The molecule has 2 aliphatic rings. The molecule has 11 heteroatoms. The predicted molar refractivity (Wildman–Crippen MR) is 187 cm³/mol. The Morgan fingerprint density at radius 1 is 1.09 bits per heavy atom. The van der Waals surface area contributed by atoms with E-state index in [2.05, 4.69) is 40.8 Å². The van der Waals surface area contributed by atoms with Crippen molar-refractivity contribution >= 4 is 63.0 Å². The van der Waals surface area contributed by atoms with E-state index in [1.807, 2.05) is 48.5 Å². The number of halogens is 2. The molecule has 0 saturated heterocycles. The van der Waals surface area contributed by atoms with Gasteiger partial charge in [0.05, 0.1) is 31.9 Å². The van der Waals surface area contributed by atoms with Crippen molar-refractivity contribution in [2.75, 3.05) is 7.11 Å². The fourth-order valence-electron chi connectivity index (χ4n) is 5.98. The van der Waals surface area contributed by atoms with Crippen molar-refractivity contribution in [1.29, 1.82) is 0 Å². The van der Waals surface area contributed by atoms with E-state index in [-0.39, 0.29) is 23.9 Å². The second kappa shape index (κ2) is 12.5. The number of hydrogen-bond acceptors (Lipinski definition) is 7. The largest absolute Gasteiger partial charge is 0.493 e. The van der Waals surface area contributed by atoms with Crippen molar-refractivity contribution in [2.24, 2.45) is 4.99 Å². The van der Waals surface area contributed by atoms with Gasteiger partial charge in [0.25, 0.3) is 11.2 Å². The molecule has 230 valence electrons. The molecule has 1 unspecified atom stereocenters. The summed E-state index contributed by atoms with van der Waals surface area (Å²) in [6.45, 7) is 0.206. The van der Waals surface area contributed by atoms with Crippen LogP contribution in [0.3, 0.4) is 0 Å². The Kier molecular flexibility index (Phi) is 8.26. The van der Waals surface area contributed by atoms with Gasteiger partial charge in [0, 0.05) is 22.7 Å². The summed E-state index contributed by atoms with van der Waals surface area (Å²) in [6.07, 6.45) is 3.51. The number of nitro benzene ring substituents is 1. The second-order valence-corrected chi connectivity index (χ2v) is 13.5. The molecule has 4 aromatic carbocycles. The molecule has 1 atom stereocenters. The van der Waals surface area contributed by atoms with Gasteiger partial charge in [0.1, 0.15) is 6.61 Å². The lowest BCUT2D eigenvalue weighted by Crippen LogP contribution is -2.38. The van der Waals surface area contributed by atoms with Crippen LogP contribution in [-0.4, -0.2) is 16.6 Å². The van der Waals surface area contributed by atoms with Crippen LogP contribution in [0.1, 0.15) is 40.3 Å². The first-order chi connectivity index (χ1) is 22.3. The number of thiazole rings is 1. The monoisotopic (exact) mass is 761 g/mol. The van der Waals surface area contributed by atoms with E-state index < -0.39 is 4.92 Å². The maximum Gasteiger partial charge on any atom is 0.271 e. The fraction of sp³-hybridized carbons (Fsp3) is 0.143. The normalized spacial score (nSPS) is 15.5. The third-order valence-electron chi connectivity index (χ3n) is 8.15. The molecule has 5 aromatic rings. The zero-order chi connectivity index (χ0) is 31.9. The first-order valence-corrected chi connectivity index (χ1v) is 16.7. The summed E-state index contributed by atoms with van der Waals surface area (Å²) in [5.74, 6) is 1.05. The number of ether oxygens (including phenoxy) is 2. The summed E-state index contributed by atoms with van der Waals surface area (Å²) in [4.78, 5) is 30.4. The lowest BCUT2D eigenvalue weighted by atomic mass is 9.83. The molecule has 1 aliphatic carbocycles. The van der Waals surface area contributed by atoms with E-state index in [1.54, 1.807) is 23.8 Å². The van der Waals surface area contributed by atoms with Crippen molar-refractivity contribution in [3.05, 3.63) is 157 Å². The van der Waals surface area contributed by atoms with Crippen LogP contribution in [0.25, 0.3) is 11.8 Å². The van der Waals surface area contributed by atoms with E-state index in [4.69, 9.17) is 26.1 Å². The van der Waals surface area contributed by atoms with Crippen molar-refractivity contribution in [3.8, 4) is 11.5 Å². The van der Waals surface area contributed by atoms with Crippen LogP contribution in [0.4, 0.5) is 5.69 Å². The first-order valence-electron chi connectivity index (χ1n) is 14.4. The highest BCUT2D eigenvalue weighted by molar-refractivity contribution is 14.1. The molecule has 0 radical (unpaired) electrons. The number of hydrogen-bond donors (Lipinski definition) is 0. The number of rotatable bonds is 7. The Bertz CT molecular complexity index is 2240. The summed E-state index contributed by atoms with van der Waals surface area (Å²) < 4.78 is 14.9. The minimum atomic E-state index is -0.434. The van der Waals surface area contributed by atoms with E-state index in [9.17, 15) is 14.9 Å². The molecular formula is C35H25ClIN3O5S. The number of allylic oxidation sites excluding steroid dienone is 1. The molecule has 2 heterocycles. The molecule has 7 rings (SSSR count). The van der Waals surface area contributed by atoms with Gasteiger partial charge in [-0.15, -0.1) is 0 Å². The Labute approximate surface area is 286 Å². The van der Waals surface area contributed by atoms with Crippen LogP contribution >= 0.6 is 45.5 Å². The minimum absolute atomic E-state index is 0.0220. The topological polar surface area (TPSA) is 96.0 Å². The standard InChI is InChI=1S/C35H25ClIN3O5S/c1-44-29-17-21(16-28(37)33(29)45-19-20-10-13-23(14-11-20)40(42)43)18-30-34(41)39-32(25-8-4-5-9-27(25)36)26-15-12-22-6-2-3-7-24(22)31(26)38-35(39)46-30/h2-11,13-14,16-18,32H,12,15,19H2,1H3. The number of nitro groups is 1. The Balaban J connectivity index is 1.29. The van der Waals surface area contributed by atoms with Gasteiger partial charge >= 0.3 is 0 Å². The van der Waals surface area contributed by atoms with Crippen LogP contribution in [0.15, 0.2) is 100 Å². The lowest BCUT2D eigenvalue weighted by Gasteiger charge is -2.31. The highest BCUT2D eigenvalue weighted by Gasteiger charge is 2.33. The Hall–Kier alpha value is -4.26. The third kappa shape index (κ3) is 5.54. The van der Waals surface area contributed by atoms with Crippen molar-refractivity contribution in [1.82, 2.24) is 4.57 Å². The van der Waals surface area contributed by atoms with E-state index in [0.29, 0.717) is 25.9 Å². The molecule has 46 heavy (non-hydrogen) atoms. The van der Waals surface area contributed by atoms with Crippen molar-refractivity contribution in [2.45, 2.75) is 25.5 Å². The van der Waals surface area contributed by atoms with Crippen LogP contribution in [0.2, 0.25) is 5.02 Å². The predicted octanol–water partition coefficient (Wildman–Crippen LogP) is 7.07. The smallest absolute Gasteiger partial charge is 0.271 e. The maximum absolute atomic E-state index is 14.2. The van der Waals surface area contributed by atoms with Crippen molar-refractivity contribution < 1.29 is 14.4 Å². The van der Waals surface area contributed by atoms with Crippen molar-refractivity contribution in [3.63, 3.8) is 0 Å². The van der Waals surface area contributed by atoms with Gasteiger partial charge in [-0.3, -0.25) is 19.5 Å². The molecule has 0 fully saturated rings. The molecule has 1 aromatic heterocycles. The molecule has 0 bridgehead atoms. The molecule has 8 nitrogen and oxygen atoms in total. The van der Waals surface area contributed by atoms with Gasteiger partial charge in [-0.05, 0) is 99.7 Å². The van der Waals surface area contributed by atoms with Gasteiger partial charge < -0.3 is 9.47 Å². The molecule has 0 spiro atoms. The molecule has 0 saturated carbocycles. The summed E-state index contributed by atoms with van der Waals surface area (Å²) >= 11 is 10.3. The molecule has 0 N–H and O–H groups in total. The number of fused-ring (bicyclic) bond motifs is 3. The quantitative estimate of drug-likeness (QED) is 0.101. The van der Waals surface area contributed by atoms with E-state index in [1.165, 1.54) is 29.0 Å². The maximum atomic E-state index is 14.2. The lowest BCUT2D eigenvalue weighted by molar-refractivity contribution is -0.384. The summed E-state index contributed by atoms with van der Waals surface area (Å²) in [5, 5.41) is 11.6. The highest BCUT2D eigenvalue weighted by Crippen LogP contribution is 2.42. The number of aryl methyl sites for hydroxylation is 1. The molecule has 0 amide bonds. The minimum Gasteiger partial charge on any atom is -0.493 e. The Morgan fingerprint density at radius 3 is 2.61 bits per heavy atom. The van der Waals surface area contributed by atoms with Gasteiger partial charge in [-0.1, -0.05) is 65.4 Å². The van der Waals surface area contributed by atoms with Crippen LogP contribution in [0.5, 0.6) is 11.5 Å². The van der Waals surface area contributed by atoms with Gasteiger partial charge in [-0.25, -0.2) is 4.99 Å². The van der Waals surface area contributed by atoms with E-state index in [0.717, 1.165) is 49.9 Å². The van der Waals surface area contributed by atoms with Gasteiger partial charge in [0.2, 0.25) is 0 Å². The summed E-state index contributed by atoms with van der Waals surface area (Å²) in [7, 11) is 1.56. The zero-order valence-electron chi connectivity index (χ0n) is 24.4. The van der Waals surface area contributed by atoms with Crippen LogP contribution < -0.4 is 24.4 Å². The molecule has 1 aliphatic heterocycles. The first kappa shape index (κ1) is 30.4. The van der Waals surface area contributed by atoms with E-state index >= 15 is 0 Å². The average Bonchev–Trinajstić information content (AvgIpc) is 3.37. The number of aromatic nitrogens is 1. The zero-order valence-corrected chi connectivity index (χ0v) is 28.1. The second-order valence-electron chi connectivity index (χ2n) is 10.9. The number of non-ortho nitro benzene ring substituents is 1. The molecular weight excluding hydrogens is 737 g/mol. The summed E-state index contributed by atoms with van der Waals surface area (Å²) in [5.41, 5.74) is 6.69. The summed E-state index contributed by atoms with van der Waals surface area (Å²) in [6, 6.07) is 25.7. The Morgan fingerprint density at radius 2 is 1.85 bits per heavy atom. The SMILES string of the molecule is COc1cc(C=c2sc3n(c2=O)C(c2ccccc2Cl)C2=C(N=3)c3ccccc3CC2)cc(I)c1OCc1ccc([N+](=O)[O-])cc1.